The number of aliphatic imine (C=N–C) groups is 2. The Balaban J connectivity index is 1.95. The van der Waals surface area contributed by atoms with Crippen LogP contribution in [0.4, 0.5) is 0 Å². The average molecular weight is 473 g/mol. The second kappa shape index (κ2) is 8.86. The topological polar surface area (TPSA) is 119 Å². The van der Waals surface area contributed by atoms with Crippen LogP contribution < -0.4 is 10.1 Å². The van der Waals surface area contributed by atoms with Crippen molar-refractivity contribution >= 4 is 61.4 Å². The number of guanidine groups is 1. The highest BCUT2D eigenvalue weighted by Gasteiger charge is 2.16. The van der Waals surface area contributed by atoms with Crippen LogP contribution in [0.5, 0.6) is 5.75 Å². The van der Waals surface area contributed by atoms with Crippen LogP contribution >= 0.6 is 31.9 Å². The Morgan fingerprint density at radius 3 is 2.60 bits per heavy atom. The Labute approximate surface area is 160 Å². The van der Waals surface area contributed by atoms with Gasteiger partial charge in [-0.05, 0) is 49.6 Å². The number of nitrogens with zero attached hydrogens (tertiary/aromatic N) is 3. The van der Waals surface area contributed by atoms with Gasteiger partial charge in [-0.15, -0.1) is 0 Å². The number of amides is 1. The number of halogens is 2. The molecule has 1 heterocycles. The zero-order valence-corrected chi connectivity index (χ0v) is 16.4. The van der Waals surface area contributed by atoms with Gasteiger partial charge in [0, 0.05) is 19.4 Å². The van der Waals surface area contributed by atoms with Gasteiger partial charge >= 0.3 is 0 Å². The first-order valence-electron chi connectivity index (χ1n) is 7.15. The number of carbonyl (C=O) groups is 1. The van der Waals surface area contributed by atoms with E-state index in [4.69, 9.17) is 15.4 Å². The molecule has 1 aliphatic rings. The minimum Gasteiger partial charge on any atom is -0.494 e. The largest absolute Gasteiger partial charge is 0.494 e. The molecule has 2 rings (SSSR count). The number of ether oxygens (including phenoxy) is 1. The molecule has 8 nitrogen and oxygen atoms in total. The second-order valence-corrected chi connectivity index (χ2v) is 6.72. The van der Waals surface area contributed by atoms with Crippen molar-refractivity contribution < 1.29 is 14.7 Å². The van der Waals surface area contributed by atoms with Gasteiger partial charge in [-0.1, -0.05) is 5.16 Å². The molecule has 3 N–H and O–H groups in total. The number of nitrogens with one attached hydrogen (secondary N) is 2. The van der Waals surface area contributed by atoms with Crippen molar-refractivity contribution in [2.45, 2.75) is 12.8 Å². The molecule has 1 aromatic rings. The van der Waals surface area contributed by atoms with Crippen LogP contribution in [0.3, 0.4) is 0 Å². The highest BCUT2D eigenvalue weighted by atomic mass is 79.9. The molecule has 0 aliphatic carbocycles. The summed E-state index contributed by atoms with van der Waals surface area (Å²) in [6.07, 6.45) is 2.08. The maximum absolute atomic E-state index is 12.1. The monoisotopic (exact) mass is 471 g/mol. The molecular weight excluding hydrogens is 458 g/mol. The van der Waals surface area contributed by atoms with Gasteiger partial charge in [0.15, 0.2) is 0 Å². The Morgan fingerprint density at radius 1 is 1.40 bits per heavy atom. The van der Waals surface area contributed by atoms with Crippen LogP contribution in [-0.2, 0) is 11.2 Å². The van der Waals surface area contributed by atoms with E-state index >= 15 is 0 Å². The van der Waals surface area contributed by atoms with E-state index in [2.05, 4.69) is 52.3 Å². The number of methoxy groups -OCH3 is 1. The molecule has 1 aliphatic heterocycles. The van der Waals surface area contributed by atoms with Gasteiger partial charge in [0.25, 0.3) is 5.91 Å². The molecule has 0 bridgehead atoms. The Hall–Kier alpha value is -2.07. The average Bonchev–Trinajstić information content (AvgIpc) is 2.97. The molecular formula is C15H15Br2N5O3. The van der Waals surface area contributed by atoms with E-state index in [-0.39, 0.29) is 18.1 Å². The van der Waals surface area contributed by atoms with E-state index in [1.54, 1.807) is 19.2 Å². The lowest BCUT2D eigenvalue weighted by Crippen LogP contribution is -2.33. The fourth-order valence-electron chi connectivity index (χ4n) is 2.12. The third-order valence-electron chi connectivity index (χ3n) is 3.27. The summed E-state index contributed by atoms with van der Waals surface area (Å²) in [5.41, 5.74) is 1.37. The first-order chi connectivity index (χ1) is 11.9. The molecule has 1 amide bonds. The number of hydrogen-bond donors (Lipinski definition) is 3. The third kappa shape index (κ3) is 5.20. The summed E-state index contributed by atoms with van der Waals surface area (Å²) < 4.78 is 6.67. The molecule has 0 spiro atoms. The SMILES string of the molecule is COc1c(Br)cc(CC(=NO)C(=O)NCCC2=NC(=N)N=C2)cc1Br. The summed E-state index contributed by atoms with van der Waals surface area (Å²) in [5.74, 6) is 0.117. The van der Waals surface area contributed by atoms with Gasteiger partial charge in [0.2, 0.25) is 5.96 Å². The highest BCUT2D eigenvalue weighted by Crippen LogP contribution is 2.34. The van der Waals surface area contributed by atoms with E-state index in [1.807, 2.05) is 0 Å². The normalized spacial score (nSPS) is 13.8. The second-order valence-electron chi connectivity index (χ2n) is 5.01. The fourth-order valence-corrected chi connectivity index (χ4v) is 3.72. The summed E-state index contributed by atoms with van der Waals surface area (Å²) in [7, 11) is 1.55. The van der Waals surface area contributed by atoms with Crippen LogP contribution in [0.15, 0.2) is 36.2 Å². The first-order valence-corrected chi connectivity index (χ1v) is 8.74. The molecule has 10 heteroatoms. The van der Waals surface area contributed by atoms with Crippen molar-refractivity contribution in [3.8, 4) is 5.75 Å². The van der Waals surface area contributed by atoms with E-state index in [0.717, 1.165) is 14.5 Å². The molecule has 0 unspecified atom stereocenters. The van der Waals surface area contributed by atoms with Crippen LogP contribution in [0, 0.1) is 5.41 Å². The summed E-state index contributed by atoms with van der Waals surface area (Å²) in [5, 5.41) is 22.1. The van der Waals surface area contributed by atoms with Gasteiger partial charge in [-0.25, -0.2) is 9.98 Å². The highest BCUT2D eigenvalue weighted by molar-refractivity contribution is 9.11. The fraction of sp³-hybridized carbons (Fsp3) is 0.267. The van der Waals surface area contributed by atoms with E-state index in [9.17, 15) is 4.79 Å². The van der Waals surface area contributed by atoms with Crippen LogP contribution in [0.25, 0.3) is 0 Å². The minimum absolute atomic E-state index is 0.0151. The van der Waals surface area contributed by atoms with Gasteiger partial charge in [-0.3, -0.25) is 10.2 Å². The molecule has 0 atom stereocenters. The quantitative estimate of drug-likeness (QED) is 0.321. The zero-order valence-electron chi connectivity index (χ0n) is 13.2. The summed E-state index contributed by atoms with van der Waals surface area (Å²) >= 11 is 6.78. The summed E-state index contributed by atoms with van der Waals surface area (Å²) in [4.78, 5) is 19.7. The van der Waals surface area contributed by atoms with Crippen LogP contribution in [0.1, 0.15) is 12.0 Å². The Kier molecular flexibility index (Phi) is 6.82. The predicted octanol–water partition coefficient (Wildman–Crippen LogP) is 2.56. The van der Waals surface area contributed by atoms with Gasteiger partial charge in [0.05, 0.1) is 28.0 Å². The molecule has 0 fully saturated rings. The van der Waals surface area contributed by atoms with Gasteiger partial charge in [-0.2, -0.15) is 0 Å². The van der Waals surface area contributed by atoms with Crippen molar-refractivity contribution in [2.75, 3.05) is 13.7 Å². The third-order valence-corrected chi connectivity index (χ3v) is 4.45. The lowest BCUT2D eigenvalue weighted by atomic mass is 10.1. The zero-order chi connectivity index (χ0) is 18.4. The Morgan fingerprint density at radius 2 is 2.08 bits per heavy atom. The van der Waals surface area contributed by atoms with Crippen molar-refractivity contribution in [1.82, 2.24) is 5.32 Å². The number of rotatable bonds is 7. The van der Waals surface area contributed by atoms with E-state index < -0.39 is 5.91 Å². The number of oxime groups is 1. The van der Waals surface area contributed by atoms with Crippen LogP contribution in [-0.4, -0.2) is 48.4 Å². The van der Waals surface area contributed by atoms with Gasteiger partial charge < -0.3 is 15.3 Å². The standard InChI is InChI=1S/C15H15Br2N5O3/c1-25-13-10(16)4-8(5-11(13)17)6-12(22-24)14(23)19-3-2-9-7-20-15(18)21-9/h4-5,7,18,24H,2-3,6H2,1H3,(H,19,23). The van der Waals surface area contributed by atoms with E-state index in [1.165, 1.54) is 6.21 Å². The maximum Gasteiger partial charge on any atom is 0.269 e. The van der Waals surface area contributed by atoms with Crippen LogP contribution in [0.2, 0.25) is 0 Å². The number of hydrogen-bond acceptors (Lipinski definition) is 5. The smallest absolute Gasteiger partial charge is 0.269 e. The van der Waals surface area contributed by atoms with Crippen molar-refractivity contribution in [1.29, 1.82) is 5.41 Å². The maximum atomic E-state index is 12.1. The van der Waals surface area contributed by atoms with Crippen molar-refractivity contribution in [3.63, 3.8) is 0 Å². The minimum atomic E-state index is -0.476. The summed E-state index contributed by atoms with van der Waals surface area (Å²) in [6, 6.07) is 3.58. The molecule has 132 valence electrons. The van der Waals surface area contributed by atoms with Crippen molar-refractivity contribution in [3.05, 3.63) is 26.6 Å². The lowest BCUT2D eigenvalue weighted by Gasteiger charge is -2.10. The molecule has 0 radical (unpaired) electrons. The molecule has 0 saturated carbocycles. The molecule has 1 aromatic carbocycles. The molecule has 25 heavy (non-hydrogen) atoms. The first kappa shape index (κ1) is 19.3. The molecule has 0 aromatic heterocycles. The predicted molar refractivity (Wildman–Crippen MR) is 103 cm³/mol. The number of benzene rings is 1. The van der Waals surface area contributed by atoms with E-state index in [0.29, 0.717) is 24.4 Å². The number of carbonyl (C=O) groups excluding carboxylic acids is 1. The van der Waals surface area contributed by atoms with Crippen molar-refractivity contribution in [2.24, 2.45) is 15.1 Å². The summed E-state index contributed by atoms with van der Waals surface area (Å²) in [6.45, 7) is 0.298. The Bertz CT molecular complexity index is 766. The molecule has 0 saturated heterocycles. The van der Waals surface area contributed by atoms with Gasteiger partial charge in [0.1, 0.15) is 11.5 Å². The lowest BCUT2D eigenvalue weighted by molar-refractivity contribution is -0.115.